The SMILES string of the molecule is C[C@]12C[C@H](O)C(=O)C=C1CC[C@@H]1[C@@H]2[C@@H]2C[C@]34[C@H](O2)OC(O)(CO)[C@H]3CC[C@@H]14. The first-order valence-corrected chi connectivity index (χ1v) is 10.4. The van der Waals surface area contributed by atoms with E-state index in [1.54, 1.807) is 6.08 Å². The van der Waals surface area contributed by atoms with E-state index in [2.05, 4.69) is 6.92 Å². The Hall–Kier alpha value is -0.790. The Morgan fingerprint density at radius 3 is 2.85 bits per heavy atom. The van der Waals surface area contributed by atoms with Crippen LogP contribution in [0.4, 0.5) is 0 Å². The van der Waals surface area contributed by atoms with Crippen molar-refractivity contribution in [1.82, 2.24) is 0 Å². The maximum absolute atomic E-state index is 12.1. The number of aliphatic hydroxyl groups is 3. The lowest BCUT2D eigenvalue weighted by atomic mass is 9.46. The molecule has 0 aromatic heterocycles. The molecule has 3 saturated carbocycles. The number of hydrogen-bond donors (Lipinski definition) is 3. The summed E-state index contributed by atoms with van der Waals surface area (Å²) in [6.45, 7) is 1.82. The molecule has 5 fully saturated rings. The molecule has 27 heavy (non-hydrogen) atoms. The Kier molecular flexibility index (Phi) is 3.18. The minimum Gasteiger partial charge on any atom is -0.391 e. The summed E-state index contributed by atoms with van der Waals surface area (Å²) in [5.41, 5.74) is 0.772. The second-order valence-electron chi connectivity index (χ2n) is 10.1. The summed E-state index contributed by atoms with van der Waals surface area (Å²) in [6.07, 6.45) is 5.50. The third kappa shape index (κ3) is 1.79. The van der Waals surface area contributed by atoms with Gasteiger partial charge in [-0.2, -0.15) is 0 Å². The highest BCUT2D eigenvalue weighted by Crippen LogP contribution is 2.75. The van der Waals surface area contributed by atoms with Gasteiger partial charge in [0, 0.05) is 11.3 Å². The van der Waals surface area contributed by atoms with Crippen LogP contribution in [0.3, 0.4) is 0 Å². The van der Waals surface area contributed by atoms with Crippen LogP contribution in [0.25, 0.3) is 0 Å². The number of carbonyl (C=O) groups is 1. The summed E-state index contributed by atoms with van der Waals surface area (Å²) >= 11 is 0. The molecule has 6 rings (SSSR count). The minimum atomic E-state index is -1.48. The normalized spacial score (nSPS) is 60.7. The van der Waals surface area contributed by atoms with Crippen LogP contribution >= 0.6 is 0 Å². The molecule has 2 saturated heterocycles. The number of allylic oxidation sites excluding steroid dienone is 1. The van der Waals surface area contributed by atoms with E-state index in [0.717, 1.165) is 32.1 Å². The van der Waals surface area contributed by atoms with Gasteiger partial charge in [-0.25, -0.2) is 0 Å². The molecule has 0 amide bonds. The fraction of sp³-hybridized carbons (Fsp3) is 0.857. The lowest BCUT2D eigenvalue weighted by Gasteiger charge is -2.57. The van der Waals surface area contributed by atoms with Gasteiger partial charge >= 0.3 is 0 Å². The molecule has 0 radical (unpaired) electrons. The standard InChI is InChI=1S/C21H28O6/c1-19-7-14(24)13(23)6-10(19)2-3-11-12-4-5-16-20(12)8-15(17(11)19)26-18(20)27-21(16,25)9-22/h6,11-12,14-18,22,24-25H,2-5,7-9H2,1H3/t11-,12-,14-,15-,16-,17+,18+,19-,20+,21?/m0/s1. The number of rotatable bonds is 1. The molecule has 4 aliphatic carbocycles. The molecule has 0 aromatic carbocycles. The number of carbonyl (C=O) groups excluding carboxylic acids is 1. The van der Waals surface area contributed by atoms with Crippen molar-refractivity contribution >= 4 is 5.78 Å². The quantitative estimate of drug-likeness (QED) is 0.635. The van der Waals surface area contributed by atoms with Gasteiger partial charge in [0.25, 0.3) is 0 Å². The maximum atomic E-state index is 12.1. The summed E-state index contributed by atoms with van der Waals surface area (Å²) in [7, 11) is 0. The first kappa shape index (κ1) is 17.1. The zero-order chi connectivity index (χ0) is 18.8. The molecule has 2 aliphatic heterocycles. The smallest absolute Gasteiger partial charge is 0.195 e. The molecule has 1 spiro atoms. The molecule has 2 heterocycles. The summed E-state index contributed by atoms with van der Waals surface area (Å²) in [5, 5.41) is 31.0. The van der Waals surface area contributed by atoms with Crippen LogP contribution < -0.4 is 0 Å². The van der Waals surface area contributed by atoms with Crippen molar-refractivity contribution < 1.29 is 29.6 Å². The summed E-state index contributed by atoms with van der Waals surface area (Å²) in [4.78, 5) is 12.1. The van der Waals surface area contributed by atoms with Crippen molar-refractivity contribution in [3.8, 4) is 0 Å². The number of ether oxygens (including phenoxy) is 2. The third-order valence-corrected chi connectivity index (χ3v) is 9.34. The minimum absolute atomic E-state index is 0.0224. The Labute approximate surface area is 158 Å². The molecule has 3 N–H and O–H groups in total. The second kappa shape index (κ2) is 5.03. The molecule has 148 valence electrons. The van der Waals surface area contributed by atoms with Crippen LogP contribution in [-0.4, -0.2) is 52.0 Å². The summed E-state index contributed by atoms with van der Waals surface area (Å²) < 4.78 is 12.4. The van der Waals surface area contributed by atoms with E-state index in [-0.39, 0.29) is 41.2 Å². The number of ketones is 1. The zero-order valence-electron chi connectivity index (χ0n) is 15.6. The summed E-state index contributed by atoms with van der Waals surface area (Å²) in [5.74, 6) is -0.579. The van der Waals surface area contributed by atoms with Gasteiger partial charge < -0.3 is 24.8 Å². The van der Waals surface area contributed by atoms with Crippen molar-refractivity contribution in [3.63, 3.8) is 0 Å². The van der Waals surface area contributed by atoms with Gasteiger partial charge in [0.15, 0.2) is 17.9 Å². The summed E-state index contributed by atoms with van der Waals surface area (Å²) in [6, 6.07) is 0. The Morgan fingerprint density at radius 1 is 1.26 bits per heavy atom. The van der Waals surface area contributed by atoms with Crippen LogP contribution in [0.1, 0.15) is 45.4 Å². The topological polar surface area (TPSA) is 96.2 Å². The van der Waals surface area contributed by atoms with E-state index < -0.39 is 18.2 Å². The van der Waals surface area contributed by atoms with Crippen molar-refractivity contribution in [2.75, 3.05) is 6.61 Å². The van der Waals surface area contributed by atoms with Crippen molar-refractivity contribution in [2.45, 2.75) is 69.7 Å². The van der Waals surface area contributed by atoms with Crippen molar-refractivity contribution in [3.05, 3.63) is 11.6 Å². The first-order chi connectivity index (χ1) is 12.8. The molecule has 6 nitrogen and oxygen atoms in total. The van der Waals surface area contributed by atoms with E-state index in [0.29, 0.717) is 18.3 Å². The van der Waals surface area contributed by atoms with Gasteiger partial charge in [0.2, 0.25) is 0 Å². The van der Waals surface area contributed by atoms with E-state index >= 15 is 0 Å². The van der Waals surface area contributed by atoms with Gasteiger partial charge in [-0.05, 0) is 67.8 Å². The maximum Gasteiger partial charge on any atom is 0.195 e. The fourth-order valence-corrected chi connectivity index (χ4v) is 8.46. The molecular formula is C21H28O6. The molecule has 0 aromatic rings. The number of aliphatic hydroxyl groups excluding tert-OH is 2. The number of hydrogen-bond acceptors (Lipinski definition) is 6. The van der Waals surface area contributed by atoms with Gasteiger partial charge in [0.05, 0.1) is 12.7 Å². The highest BCUT2D eigenvalue weighted by Gasteiger charge is 2.77. The first-order valence-electron chi connectivity index (χ1n) is 10.4. The van der Waals surface area contributed by atoms with Crippen LogP contribution in [0.2, 0.25) is 0 Å². The van der Waals surface area contributed by atoms with E-state index in [1.165, 1.54) is 5.57 Å². The average Bonchev–Trinajstić information content (AvgIpc) is 3.21. The molecule has 6 heteroatoms. The second-order valence-corrected chi connectivity index (χ2v) is 10.1. The van der Waals surface area contributed by atoms with Crippen molar-refractivity contribution in [2.24, 2.45) is 34.5 Å². The largest absolute Gasteiger partial charge is 0.391 e. The van der Waals surface area contributed by atoms with Crippen LogP contribution in [0.5, 0.6) is 0 Å². The Balaban J connectivity index is 1.44. The van der Waals surface area contributed by atoms with E-state index in [1.807, 2.05) is 0 Å². The predicted molar refractivity (Wildman–Crippen MR) is 93.1 cm³/mol. The highest BCUT2D eigenvalue weighted by atomic mass is 16.8. The van der Waals surface area contributed by atoms with Crippen LogP contribution in [0, 0.1) is 34.5 Å². The zero-order valence-corrected chi connectivity index (χ0v) is 15.6. The average molecular weight is 376 g/mol. The van der Waals surface area contributed by atoms with Gasteiger partial charge in [-0.1, -0.05) is 12.5 Å². The van der Waals surface area contributed by atoms with Crippen LogP contribution in [-0.2, 0) is 14.3 Å². The molecular weight excluding hydrogens is 348 g/mol. The van der Waals surface area contributed by atoms with Crippen LogP contribution in [0.15, 0.2) is 11.6 Å². The fourth-order valence-electron chi connectivity index (χ4n) is 8.46. The monoisotopic (exact) mass is 376 g/mol. The molecule has 10 atom stereocenters. The molecule has 1 unspecified atom stereocenters. The lowest BCUT2D eigenvalue weighted by Crippen LogP contribution is -2.56. The van der Waals surface area contributed by atoms with Crippen molar-refractivity contribution in [1.29, 1.82) is 0 Å². The highest BCUT2D eigenvalue weighted by molar-refractivity contribution is 5.95. The molecule has 2 bridgehead atoms. The third-order valence-electron chi connectivity index (χ3n) is 9.34. The predicted octanol–water partition coefficient (Wildman–Crippen LogP) is 1.13. The van der Waals surface area contributed by atoms with Gasteiger partial charge in [-0.3, -0.25) is 4.79 Å². The Bertz CT molecular complexity index is 749. The van der Waals surface area contributed by atoms with Gasteiger partial charge in [-0.15, -0.1) is 0 Å². The molecule has 6 aliphatic rings. The van der Waals surface area contributed by atoms with E-state index in [9.17, 15) is 20.1 Å². The van der Waals surface area contributed by atoms with E-state index in [4.69, 9.17) is 9.47 Å². The van der Waals surface area contributed by atoms with Gasteiger partial charge in [0.1, 0.15) is 6.10 Å². The number of fused-ring (bicyclic) bond motifs is 6. The Morgan fingerprint density at radius 2 is 2.07 bits per heavy atom. The lowest BCUT2D eigenvalue weighted by molar-refractivity contribution is -0.281.